The fourth-order valence-corrected chi connectivity index (χ4v) is 2.28. The fraction of sp³-hybridized carbons (Fsp3) is 0.375. The molecule has 0 aliphatic carbocycles. The number of hydrogen-bond acceptors (Lipinski definition) is 5. The zero-order chi connectivity index (χ0) is 16.1. The number of aryl methyl sites for hydroxylation is 2. The van der Waals surface area contributed by atoms with Gasteiger partial charge >= 0.3 is 0 Å². The topological polar surface area (TPSA) is 73.6 Å². The minimum absolute atomic E-state index is 0.182. The number of benzene rings is 1. The molecule has 0 saturated heterocycles. The van der Waals surface area contributed by atoms with Gasteiger partial charge in [-0.2, -0.15) is 0 Å². The van der Waals surface area contributed by atoms with Gasteiger partial charge in [0, 0.05) is 6.54 Å². The summed E-state index contributed by atoms with van der Waals surface area (Å²) in [6.07, 6.45) is 0.634. The molecule has 1 heterocycles. The van der Waals surface area contributed by atoms with Gasteiger partial charge in [0.25, 0.3) is 5.91 Å². The summed E-state index contributed by atoms with van der Waals surface area (Å²) in [7, 11) is 3.23. The summed E-state index contributed by atoms with van der Waals surface area (Å²) in [6, 6.07) is 5.59. The molecule has 0 saturated carbocycles. The molecule has 22 heavy (non-hydrogen) atoms. The van der Waals surface area contributed by atoms with Gasteiger partial charge in [-0.1, -0.05) is 5.16 Å². The summed E-state index contributed by atoms with van der Waals surface area (Å²) >= 11 is 0. The van der Waals surface area contributed by atoms with Crippen LogP contribution in [0.1, 0.15) is 27.4 Å². The third-order valence-corrected chi connectivity index (χ3v) is 3.43. The SMILES string of the molecule is COc1ccc(OC)c(CCNC(=O)c2c(C)noc2C)c1. The second-order valence-electron chi connectivity index (χ2n) is 4.88. The van der Waals surface area contributed by atoms with E-state index in [1.807, 2.05) is 18.2 Å². The normalized spacial score (nSPS) is 10.4. The molecule has 0 spiro atoms. The zero-order valence-corrected chi connectivity index (χ0v) is 13.2. The molecule has 6 nitrogen and oxygen atoms in total. The molecule has 0 unspecified atom stereocenters. The van der Waals surface area contributed by atoms with Crippen molar-refractivity contribution in [3.05, 3.63) is 40.8 Å². The number of amides is 1. The minimum Gasteiger partial charge on any atom is -0.497 e. The summed E-state index contributed by atoms with van der Waals surface area (Å²) < 4.78 is 15.5. The highest BCUT2D eigenvalue weighted by atomic mass is 16.5. The van der Waals surface area contributed by atoms with E-state index in [4.69, 9.17) is 14.0 Å². The van der Waals surface area contributed by atoms with Crippen molar-refractivity contribution in [2.45, 2.75) is 20.3 Å². The molecule has 6 heteroatoms. The van der Waals surface area contributed by atoms with Crippen molar-refractivity contribution in [1.29, 1.82) is 0 Å². The Morgan fingerprint density at radius 3 is 2.64 bits per heavy atom. The predicted octanol–water partition coefficient (Wildman–Crippen LogP) is 2.28. The van der Waals surface area contributed by atoms with Crippen LogP contribution >= 0.6 is 0 Å². The van der Waals surface area contributed by atoms with Crippen molar-refractivity contribution in [2.24, 2.45) is 0 Å². The average molecular weight is 304 g/mol. The van der Waals surface area contributed by atoms with Crippen LogP contribution in [0.25, 0.3) is 0 Å². The summed E-state index contributed by atoms with van der Waals surface area (Å²) in [5, 5.41) is 6.65. The van der Waals surface area contributed by atoms with Crippen molar-refractivity contribution in [2.75, 3.05) is 20.8 Å². The summed E-state index contributed by atoms with van der Waals surface area (Å²) in [5.74, 6) is 1.87. The van der Waals surface area contributed by atoms with Crippen molar-refractivity contribution in [3.8, 4) is 11.5 Å². The lowest BCUT2D eigenvalue weighted by Gasteiger charge is -2.11. The number of nitrogens with zero attached hydrogens (tertiary/aromatic N) is 1. The summed E-state index contributed by atoms with van der Waals surface area (Å²) in [5.41, 5.74) is 2.06. The monoisotopic (exact) mass is 304 g/mol. The van der Waals surface area contributed by atoms with E-state index in [9.17, 15) is 4.79 Å². The van der Waals surface area contributed by atoms with E-state index in [2.05, 4.69) is 10.5 Å². The van der Waals surface area contributed by atoms with Gasteiger partial charge in [-0.05, 0) is 44.0 Å². The minimum atomic E-state index is -0.182. The van der Waals surface area contributed by atoms with E-state index in [0.717, 1.165) is 17.1 Å². The first-order chi connectivity index (χ1) is 10.6. The fourth-order valence-electron chi connectivity index (χ4n) is 2.28. The predicted molar refractivity (Wildman–Crippen MR) is 81.6 cm³/mol. The van der Waals surface area contributed by atoms with Gasteiger partial charge in [0.05, 0.1) is 19.9 Å². The van der Waals surface area contributed by atoms with E-state index in [-0.39, 0.29) is 5.91 Å². The Morgan fingerprint density at radius 2 is 2.05 bits per heavy atom. The third-order valence-electron chi connectivity index (χ3n) is 3.43. The van der Waals surface area contributed by atoms with E-state index in [1.54, 1.807) is 28.1 Å². The number of aromatic nitrogens is 1. The number of rotatable bonds is 6. The largest absolute Gasteiger partial charge is 0.497 e. The van der Waals surface area contributed by atoms with Crippen molar-refractivity contribution in [3.63, 3.8) is 0 Å². The highest BCUT2D eigenvalue weighted by molar-refractivity contribution is 5.96. The van der Waals surface area contributed by atoms with Gasteiger partial charge in [-0.15, -0.1) is 0 Å². The molecule has 1 N–H and O–H groups in total. The first-order valence-corrected chi connectivity index (χ1v) is 6.98. The van der Waals surface area contributed by atoms with Gasteiger partial charge < -0.3 is 19.3 Å². The van der Waals surface area contributed by atoms with Gasteiger partial charge in [0.1, 0.15) is 22.8 Å². The second kappa shape index (κ2) is 6.98. The summed E-state index contributed by atoms with van der Waals surface area (Å²) in [4.78, 5) is 12.1. The highest BCUT2D eigenvalue weighted by Crippen LogP contribution is 2.24. The summed E-state index contributed by atoms with van der Waals surface area (Å²) in [6.45, 7) is 3.95. The Kier molecular flexibility index (Phi) is 5.04. The Hall–Kier alpha value is -2.50. The first-order valence-electron chi connectivity index (χ1n) is 6.98. The Labute approximate surface area is 129 Å². The molecule has 0 atom stereocenters. The van der Waals surface area contributed by atoms with E-state index < -0.39 is 0 Å². The lowest BCUT2D eigenvalue weighted by molar-refractivity contribution is 0.0952. The van der Waals surface area contributed by atoms with Crippen LogP contribution in [0.4, 0.5) is 0 Å². The number of nitrogens with one attached hydrogen (secondary N) is 1. The number of methoxy groups -OCH3 is 2. The van der Waals surface area contributed by atoms with Crippen LogP contribution in [0.2, 0.25) is 0 Å². The maximum atomic E-state index is 12.1. The molecule has 1 aromatic carbocycles. The molecular weight excluding hydrogens is 284 g/mol. The van der Waals surface area contributed by atoms with Crippen LogP contribution in [-0.4, -0.2) is 31.8 Å². The van der Waals surface area contributed by atoms with Crippen LogP contribution in [0.15, 0.2) is 22.7 Å². The Bertz CT molecular complexity index is 645. The van der Waals surface area contributed by atoms with Crippen molar-refractivity contribution < 1.29 is 18.8 Å². The quantitative estimate of drug-likeness (QED) is 0.886. The third kappa shape index (κ3) is 3.39. The number of carbonyl (C=O) groups excluding carboxylic acids is 1. The average Bonchev–Trinajstić information content (AvgIpc) is 2.86. The number of carbonyl (C=O) groups is 1. The van der Waals surface area contributed by atoms with Crippen LogP contribution in [0, 0.1) is 13.8 Å². The van der Waals surface area contributed by atoms with Crippen LogP contribution in [-0.2, 0) is 6.42 Å². The van der Waals surface area contributed by atoms with Gasteiger partial charge in [0.2, 0.25) is 0 Å². The molecule has 0 aliphatic heterocycles. The molecule has 1 aromatic heterocycles. The number of ether oxygens (including phenoxy) is 2. The smallest absolute Gasteiger partial charge is 0.256 e. The van der Waals surface area contributed by atoms with Crippen LogP contribution < -0.4 is 14.8 Å². The van der Waals surface area contributed by atoms with Crippen molar-refractivity contribution >= 4 is 5.91 Å². The molecule has 0 radical (unpaired) electrons. The van der Waals surface area contributed by atoms with E-state index in [1.165, 1.54) is 0 Å². The maximum absolute atomic E-state index is 12.1. The molecule has 2 aromatic rings. The molecule has 0 fully saturated rings. The maximum Gasteiger partial charge on any atom is 0.256 e. The molecule has 1 amide bonds. The van der Waals surface area contributed by atoms with Gasteiger partial charge in [0.15, 0.2) is 0 Å². The molecular formula is C16H20N2O4. The zero-order valence-electron chi connectivity index (χ0n) is 13.2. The lowest BCUT2D eigenvalue weighted by Crippen LogP contribution is -2.26. The van der Waals surface area contributed by atoms with E-state index in [0.29, 0.717) is 30.0 Å². The van der Waals surface area contributed by atoms with E-state index >= 15 is 0 Å². The molecule has 0 bridgehead atoms. The molecule has 2 rings (SSSR count). The second-order valence-corrected chi connectivity index (χ2v) is 4.88. The van der Waals surface area contributed by atoms with Gasteiger partial charge in [-0.25, -0.2) is 0 Å². The standard InChI is InChI=1S/C16H20N2O4/c1-10-15(11(2)22-18-10)16(19)17-8-7-12-9-13(20-3)5-6-14(12)21-4/h5-6,9H,7-8H2,1-4H3,(H,17,19). The molecule has 118 valence electrons. The first kappa shape index (κ1) is 15.9. The molecule has 0 aliphatic rings. The van der Waals surface area contributed by atoms with Crippen molar-refractivity contribution in [1.82, 2.24) is 10.5 Å². The number of hydrogen-bond donors (Lipinski definition) is 1. The van der Waals surface area contributed by atoms with Crippen LogP contribution in [0.3, 0.4) is 0 Å². The van der Waals surface area contributed by atoms with Crippen LogP contribution in [0.5, 0.6) is 11.5 Å². The lowest BCUT2D eigenvalue weighted by atomic mass is 10.1. The Morgan fingerprint density at radius 1 is 1.27 bits per heavy atom. The Balaban J connectivity index is 2.00. The van der Waals surface area contributed by atoms with Gasteiger partial charge in [-0.3, -0.25) is 4.79 Å². The highest BCUT2D eigenvalue weighted by Gasteiger charge is 2.17.